The number of benzene rings is 1. The zero-order chi connectivity index (χ0) is 9.68. The topological polar surface area (TPSA) is 38.0 Å². The molecule has 0 amide bonds. The van der Waals surface area contributed by atoms with E-state index in [2.05, 4.69) is 31.3 Å². The minimum atomic E-state index is 0.915. The Balaban J connectivity index is 2.56. The van der Waals surface area contributed by atoms with Gasteiger partial charge in [-0.1, -0.05) is 19.1 Å². The van der Waals surface area contributed by atoms with E-state index in [0.717, 1.165) is 25.2 Å². The van der Waals surface area contributed by atoms with Crippen LogP contribution in [0, 0.1) is 6.92 Å². The summed E-state index contributed by atoms with van der Waals surface area (Å²) in [5.41, 5.74) is 9.26. The van der Waals surface area contributed by atoms with Crippen LogP contribution in [0.15, 0.2) is 18.2 Å². The van der Waals surface area contributed by atoms with E-state index in [-0.39, 0.29) is 0 Å². The van der Waals surface area contributed by atoms with Crippen molar-refractivity contribution in [2.24, 2.45) is 0 Å². The maximum atomic E-state index is 5.88. The van der Waals surface area contributed by atoms with Crippen molar-refractivity contribution in [1.82, 2.24) is 5.32 Å². The molecule has 0 unspecified atom stereocenters. The summed E-state index contributed by atoms with van der Waals surface area (Å²) in [5, 5.41) is 3.28. The van der Waals surface area contributed by atoms with Gasteiger partial charge in [-0.15, -0.1) is 0 Å². The van der Waals surface area contributed by atoms with Crippen LogP contribution in [0.1, 0.15) is 18.1 Å². The number of likely N-dealkylation sites (N-methyl/N-ethyl adjacent to an activating group) is 1. The molecule has 0 aliphatic heterocycles. The molecule has 2 heteroatoms. The van der Waals surface area contributed by atoms with Crippen molar-refractivity contribution in [2.75, 3.05) is 18.8 Å². The highest BCUT2D eigenvalue weighted by molar-refractivity contribution is 5.49. The van der Waals surface area contributed by atoms with Crippen molar-refractivity contribution in [3.63, 3.8) is 0 Å². The molecule has 2 nitrogen and oxygen atoms in total. The van der Waals surface area contributed by atoms with Crippen molar-refractivity contribution in [1.29, 1.82) is 0 Å². The summed E-state index contributed by atoms with van der Waals surface area (Å²) >= 11 is 0. The summed E-state index contributed by atoms with van der Waals surface area (Å²) in [7, 11) is 0. The van der Waals surface area contributed by atoms with Crippen molar-refractivity contribution >= 4 is 5.69 Å². The third-order valence-electron chi connectivity index (χ3n) is 2.12. The van der Waals surface area contributed by atoms with Crippen LogP contribution in [0.4, 0.5) is 5.69 Å². The van der Waals surface area contributed by atoms with Crippen LogP contribution < -0.4 is 11.1 Å². The summed E-state index contributed by atoms with van der Waals surface area (Å²) in [5.74, 6) is 0. The molecular formula is C11H18N2. The van der Waals surface area contributed by atoms with E-state index in [1.165, 1.54) is 11.1 Å². The first-order valence-electron chi connectivity index (χ1n) is 4.79. The summed E-state index contributed by atoms with van der Waals surface area (Å²) in [6, 6.07) is 6.25. The van der Waals surface area contributed by atoms with Gasteiger partial charge in [0, 0.05) is 5.69 Å². The lowest BCUT2D eigenvalue weighted by Crippen LogP contribution is -2.16. The molecule has 0 spiro atoms. The summed E-state index contributed by atoms with van der Waals surface area (Å²) in [6.45, 7) is 6.19. The van der Waals surface area contributed by atoms with E-state index in [4.69, 9.17) is 5.73 Å². The number of hydrogen-bond donors (Lipinski definition) is 2. The maximum absolute atomic E-state index is 5.88. The molecule has 72 valence electrons. The van der Waals surface area contributed by atoms with E-state index in [1.807, 2.05) is 6.07 Å². The Hall–Kier alpha value is -1.02. The minimum Gasteiger partial charge on any atom is -0.398 e. The molecule has 0 atom stereocenters. The molecule has 0 bridgehead atoms. The van der Waals surface area contributed by atoms with E-state index >= 15 is 0 Å². The molecule has 0 aliphatic carbocycles. The minimum absolute atomic E-state index is 0.915. The highest BCUT2D eigenvalue weighted by atomic mass is 14.8. The zero-order valence-electron chi connectivity index (χ0n) is 8.43. The Morgan fingerprint density at radius 1 is 1.38 bits per heavy atom. The molecule has 0 heterocycles. The van der Waals surface area contributed by atoms with Crippen molar-refractivity contribution in [3.8, 4) is 0 Å². The predicted octanol–water partition coefficient (Wildman–Crippen LogP) is 1.73. The van der Waals surface area contributed by atoms with Gasteiger partial charge in [0.05, 0.1) is 0 Å². The van der Waals surface area contributed by atoms with Gasteiger partial charge in [0.1, 0.15) is 0 Å². The Morgan fingerprint density at radius 2 is 2.15 bits per heavy atom. The van der Waals surface area contributed by atoms with Crippen molar-refractivity contribution in [3.05, 3.63) is 29.3 Å². The first kappa shape index (κ1) is 10.1. The fourth-order valence-corrected chi connectivity index (χ4v) is 1.34. The number of rotatable bonds is 4. The smallest absolute Gasteiger partial charge is 0.0349 e. The summed E-state index contributed by atoms with van der Waals surface area (Å²) < 4.78 is 0. The van der Waals surface area contributed by atoms with Gasteiger partial charge in [-0.25, -0.2) is 0 Å². The molecule has 0 saturated heterocycles. The maximum Gasteiger partial charge on any atom is 0.0349 e. The van der Waals surface area contributed by atoms with E-state index in [0.29, 0.717) is 0 Å². The number of aryl methyl sites for hydroxylation is 1. The molecule has 1 aromatic rings. The molecule has 1 rings (SSSR count). The van der Waals surface area contributed by atoms with Gasteiger partial charge in [0.25, 0.3) is 0 Å². The predicted molar refractivity (Wildman–Crippen MR) is 57.8 cm³/mol. The lowest BCUT2D eigenvalue weighted by Gasteiger charge is -2.06. The first-order valence-corrected chi connectivity index (χ1v) is 4.79. The van der Waals surface area contributed by atoms with Crippen LogP contribution in [0.3, 0.4) is 0 Å². The first-order chi connectivity index (χ1) is 6.24. The molecule has 0 fully saturated rings. The number of nitrogens with two attached hydrogens (primary N) is 1. The van der Waals surface area contributed by atoms with Crippen molar-refractivity contribution < 1.29 is 0 Å². The Morgan fingerprint density at radius 3 is 2.77 bits per heavy atom. The molecule has 1 aromatic carbocycles. The van der Waals surface area contributed by atoms with E-state index in [9.17, 15) is 0 Å². The molecule has 3 N–H and O–H groups in total. The fourth-order valence-electron chi connectivity index (χ4n) is 1.34. The monoisotopic (exact) mass is 178 g/mol. The SMILES string of the molecule is CCNCCc1ccc(C)cc1N. The zero-order valence-corrected chi connectivity index (χ0v) is 8.43. The van der Waals surface area contributed by atoms with Gasteiger partial charge < -0.3 is 11.1 Å². The van der Waals surface area contributed by atoms with Crippen LogP contribution in [-0.2, 0) is 6.42 Å². The summed E-state index contributed by atoms with van der Waals surface area (Å²) in [4.78, 5) is 0. The van der Waals surface area contributed by atoms with Crippen LogP contribution in [0.2, 0.25) is 0 Å². The number of anilines is 1. The van der Waals surface area contributed by atoms with Crippen LogP contribution in [0.25, 0.3) is 0 Å². The van der Waals surface area contributed by atoms with Crippen LogP contribution in [0.5, 0.6) is 0 Å². The normalized spacial score (nSPS) is 10.3. The van der Waals surface area contributed by atoms with Gasteiger partial charge in [0.15, 0.2) is 0 Å². The van der Waals surface area contributed by atoms with Gasteiger partial charge >= 0.3 is 0 Å². The Labute approximate surface area is 80.1 Å². The van der Waals surface area contributed by atoms with Crippen LogP contribution in [-0.4, -0.2) is 13.1 Å². The van der Waals surface area contributed by atoms with Gasteiger partial charge in [-0.3, -0.25) is 0 Å². The average molecular weight is 178 g/mol. The largest absolute Gasteiger partial charge is 0.398 e. The fraction of sp³-hybridized carbons (Fsp3) is 0.455. The highest BCUT2D eigenvalue weighted by Gasteiger charge is 1.97. The average Bonchev–Trinajstić information content (AvgIpc) is 2.09. The highest BCUT2D eigenvalue weighted by Crippen LogP contribution is 2.13. The van der Waals surface area contributed by atoms with Crippen molar-refractivity contribution in [2.45, 2.75) is 20.3 Å². The lowest BCUT2D eigenvalue weighted by atomic mass is 10.1. The molecule has 0 aromatic heterocycles. The van der Waals surface area contributed by atoms with Crippen LogP contribution >= 0.6 is 0 Å². The Kier molecular flexibility index (Phi) is 3.77. The van der Waals surface area contributed by atoms with Gasteiger partial charge in [0.2, 0.25) is 0 Å². The third-order valence-corrected chi connectivity index (χ3v) is 2.12. The molecular weight excluding hydrogens is 160 g/mol. The quantitative estimate of drug-likeness (QED) is 0.544. The molecule has 0 saturated carbocycles. The number of nitrogens with one attached hydrogen (secondary N) is 1. The van der Waals surface area contributed by atoms with E-state index < -0.39 is 0 Å². The number of nitrogen functional groups attached to an aromatic ring is 1. The molecule has 13 heavy (non-hydrogen) atoms. The summed E-state index contributed by atoms with van der Waals surface area (Å²) in [6.07, 6.45) is 1.01. The second-order valence-electron chi connectivity index (χ2n) is 3.31. The molecule has 0 radical (unpaired) electrons. The Bertz CT molecular complexity index is 269. The molecule has 0 aliphatic rings. The number of hydrogen-bond acceptors (Lipinski definition) is 2. The van der Waals surface area contributed by atoms with Gasteiger partial charge in [-0.2, -0.15) is 0 Å². The second kappa shape index (κ2) is 4.87. The standard InChI is InChI=1S/C11H18N2/c1-3-13-7-6-10-5-4-9(2)8-11(10)12/h4-5,8,13H,3,6-7,12H2,1-2H3. The second-order valence-corrected chi connectivity index (χ2v) is 3.31. The van der Waals surface area contributed by atoms with Gasteiger partial charge in [-0.05, 0) is 43.6 Å². The van der Waals surface area contributed by atoms with E-state index in [1.54, 1.807) is 0 Å². The lowest BCUT2D eigenvalue weighted by molar-refractivity contribution is 0.717. The third kappa shape index (κ3) is 3.07.